The van der Waals surface area contributed by atoms with Gasteiger partial charge in [-0.1, -0.05) is 30.3 Å². The van der Waals surface area contributed by atoms with Gasteiger partial charge in [0.05, 0.1) is 12.6 Å². The largest absolute Gasteiger partial charge is 0.388 e. The molecule has 21 heavy (non-hydrogen) atoms. The van der Waals surface area contributed by atoms with Crippen LogP contribution in [0.25, 0.3) is 0 Å². The average molecular weight is 285 g/mol. The average Bonchev–Trinajstić information content (AvgIpc) is 2.93. The van der Waals surface area contributed by atoms with Crippen molar-refractivity contribution < 1.29 is 5.11 Å². The maximum atomic E-state index is 10.5. The van der Waals surface area contributed by atoms with Crippen LogP contribution in [0.4, 0.5) is 0 Å². The lowest BCUT2D eigenvalue weighted by atomic mass is 9.87. The minimum atomic E-state index is -0.332. The van der Waals surface area contributed by atoms with Crippen LogP contribution < -0.4 is 0 Å². The molecule has 1 aliphatic heterocycles. The van der Waals surface area contributed by atoms with Crippen LogP contribution in [0.1, 0.15) is 30.3 Å². The summed E-state index contributed by atoms with van der Waals surface area (Å²) in [7, 11) is 2.04. The number of benzene rings is 1. The van der Waals surface area contributed by atoms with Crippen LogP contribution in [0.3, 0.4) is 0 Å². The highest BCUT2D eigenvalue weighted by molar-refractivity contribution is 5.18. The van der Waals surface area contributed by atoms with E-state index in [1.807, 2.05) is 49.8 Å². The molecule has 112 valence electrons. The molecule has 1 aromatic heterocycles. The quantitative estimate of drug-likeness (QED) is 0.937. The van der Waals surface area contributed by atoms with Crippen LogP contribution in [-0.4, -0.2) is 32.6 Å². The molecule has 1 N–H and O–H groups in total. The fourth-order valence-corrected chi connectivity index (χ4v) is 3.10. The van der Waals surface area contributed by atoms with E-state index < -0.39 is 0 Å². The van der Waals surface area contributed by atoms with E-state index >= 15 is 0 Å². The van der Waals surface area contributed by atoms with Gasteiger partial charge in [-0.15, -0.1) is 0 Å². The summed E-state index contributed by atoms with van der Waals surface area (Å²) in [6, 6.07) is 10.0. The molecule has 4 heteroatoms. The fraction of sp³-hybridized carbons (Fsp3) is 0.471. The summed E-state index contributed by atoms with van der Waals surface area (Å²) in [5.41, 5.74) is 1.04. The highest BCUT2D eigenvalue weighted by Crippen LogP contribution is 2.30. The summed E-state index contributed by atoms with van der Waals surface area (Å²) in [6.07, 6.45) is 5.59. The topological polar surface area (TPSA) is 41.3 Å². The molecule has 0 spiro atoms. The molecule has 1 aromatic carbocycles. The maximum absolute atomic E-state index is 10.5. The Kier molecular flexibility index (Phi) is 4.36. The van der Waals surface area contributed by atoms with Crippen molar-refractivity contribution in [2.75, 3.05) is 13.1 Å². The number of rotatable bonds is 4. The first kappa shape index (κ1) is 14.3. The van der Waals surface area contributed by atoms with Gasteiger partial charge in [-0.25, -0.2) is 4.98 Å². The molecule has 1 fully saturated rings. The summed E-state index contributed by atoms with van der Waals surface area (Å²) in [4.78, 5) is 6.81. The number of likely N-dealkylation sites (tertiary alicyclic amines) is 1. The van der Waals surface area contributed by atoms with E-state index in [-0.39, 0.29) is 6.10 Å². The number of imidazole rings is 1. The number of hydrogen-bond acceptors (Lipinski definition) is 3. The molecule has 1 saturated heterocycles. The van der Waals surface area contributed by atoms with Crippen LogP contribution in [0.5, 0.6) is 0 Å². The zero-order valence-electron chi connectivity index (χ0n) is 12.5. The second-order valence-electron chi connectivity index (χ2n) is 5.92. The first-order valence-electron chi connectivity index (χ1n) is 7.65. The Balaban J connectivity index is 1.54. The maximum Gasteiger partial charge on any atom is 0.122 e. The number of aliphatic hydroxyl groups is 1. The molecule has 3 rings (SSSR count). The number of aromatic nitrogens is 2. The minimum Gasteiger partial charge on any atom is -0.388 e. The Bertz CT molecular complexity index is 558. The van der Waals surface area contributed by atoms with Gasteiger partial charge >= 0.3 is 0 Å². The lowest BCUT2D eigenvalue weighted by Gasteiger charge is -2.34. The fourth-order valence-electron chi connectivity index (χ4n) is 3.10. The number of hydrogen-bond donors (Lipinski definition) is 1. The summed E-state index contributed by atoms with van der Waals surface area (Å²) in [6.45, 7) is 2.96. The molecule has 0 bridgehead atoms. The predicted octanol–water partition coefficient (Wildman–Crippen LogP) is 2.37. The second-order valence-corrected chi connectivity index (χ2v) is 5.92. The molecule has 0 radical (unpaired) electrons. The second kappa shape index (κ2) is 6.41. The van der Waals surface area contributed by atoms with Crippen molar-refractivity contribution in [1.29, 1.82) is 0 Å². The van der Waals surface area contributed by atoms with Crippen LogP contribution in [0.15, 0.2) is 42.7 Å². The normalized spacial score (nSPS) is 18.8. The highest BCUT2D eigenvalue weighted by atomic mass is 16.3. The van der Waals surface area contributed by atoms with Crippen LogP contribution >= 0.6 is 0 Å². The van der Waals surface area contributed by atoms with Crippen LogP contribution in [0.2, 0.25) is 0 Å². The zero-order valence-corrected chi connectivity index (χ0v) is 12.5. The van der Waals surface area contributed by atoms with Crippen LogP contribution in [0, 0.1) is 5.92 Å². The van der Waals surface area contributed by atoms with Gasteiger partial charge in [-0.3, -0.25) is 4.90 Å². The van der Waals surface area contributed by atoms with E-state index in [0.29, 0.717) is 5.92 Å². The van der Waals surface area contributed by atoms with Gasteiger partial charge in [-0.2, -0.15) is 0 Å². The third-order valence-corrected chi connectivity index (χ3v) is 4.51. The van der Waals surface area contributed by atoms with Gasteiger partial charge in [0.1, 0.15) is 5.82 Å². The molecule has 0 aliphatic carbocycles. The Hall–Kier alpha value is -1.65. The van der Waals surface area contributed by atoms with E-state index in [9.17, 15) is 5.11 Å². The van der Waals surface area contributed by atoms with Gasteiger partial charge in [-0.05, 0) is 37.4 Å². The van der Waals surface area contributed by atoms with Gasteiger partial charge < -0.3 is 9.67 Å². The summed E-state index contributed by atoms with van der Waals surface area (Å²) < 4.78 is 2.07. The SMILES string of the molecule is Cn1ccnc1CN1CCC(C(O)c2ccccc2)CC1. The zero-order chi connectivity index (χ0) is 14.7. The van der Waals surface area contributed by atoms with Crippen molar-refractivity contribution in [3.63, 3.8) is 0 Å². The van der Waals surface area contributed by atoms with E-state index in [2.05, 4.69) is 14.5 Å². The van der Waals surface area contributed by atoms with E-state index in [1.54, 1.807) is 0 Å². The molecular formula is C17H23N3O. The van der Waals surface area contributed by atoms with Gasteiger partial charge in [0.2, 0.25) is 0 Å². The van der Waals surface area contributed by atoms with E-state index in [4.69, 9.17) is 0 Å². The van der Waals surface area contributed by atoms with Crippen molar-refractivity contribution in [3.8, 4) is 0 Å². The lowest BCUT2D eigenvalue weighted by Crippen LogP contribution is -2.35. The third kappa shape index (κ3) is 3.34. The molecule has 2 heterocycles. The predicted molar refractivity (Wildman–Crippen MR) is 82.6 cm³/mol. The van der Waals surface area contributed by atoms with Crippen molar-refractivity contribution >= 4 is 0 Å². The molecule has 0 saturated carbocycles. The summed E-state index contributed by atoms with van der Waals surface area (Å²) in [5.74, 6) is 1.47. The molecule has 0 amide bonds. The first-order valence-corrected chi connectivity index (χ1v) is 7.65. The van der Waals surface area contributed by atoms with E-state index in [1.165, 1.54) is 0 Å². The summed E-state index contributed by atoms with van der Waals surface area (Å²) >= 11 is 0. The monoisotopic (exact) mass is 285 g/mol. The number of aliphatic hydroxyl groups excluding tert-OH is 1. The highest BCUT2D eigenvalue weighted by Gasteiger charge is 2.26. The van der Waals surface area contributed by atoms with Crippen molar-refractivity contribution in [1.82, 2.24) is 14.5 Å². The lowest BCUT2D eigenvalue weighted by molar-refractivity contribution is 0.0558. The van der Waals surface area contributed by atoms with Crippen molar-refractivity contribution in [2.45, 2.75) is 25.5 Å². The van der Waals surface area contributed by atoms with Crippen molar-refractivity contribution in [2.24, 2.45) is 13.0 Å². The van der Waals surface area contributed by atoms with Gasteiger partial charge in [0.25, 0.3) is 0 Å². The number of nitrogens with zero attached hydrogens (tertiary/aromatic N) is 3. The Morgan fingerprint density at radius 2 is 1.95 bits per heavy atom. The van der Waals surface area contributed by atoms with Gasteiger partial charge in [0, 0.05) is 19.4 Å². The molecule has 1 atom stereocenters. The summed E-state index contributed by atoms with van der Waals surface area (Å²) in [5, 5.41) is 10.5. The number of piperidine rings is 1. The Morgan fingerprint density at radius 3 is 2.57 bits per heavy atom. The molecule has 1 unspecified atom stereocenters. The van der Waals surface area contributed by atoms with Crippen LogP contribution in [-0.2, 0) is 13.6 Å². The van der Waals surface area contributed by atoms with E-state index in [0.717, 1.165) is 43.9 Å². The third-order valence-electron chi connectivity index (χ3n) is 4.51. The molecular weight excluding hydrogens is 262 g/mol. The first-order chi connectivity index (χ1) is 10.2. The Morgan fingerprint density at radius 1 is 1.24 bits per heavy atom. The smallest absolute Gasteiger partial charge is 0.122 e. The van der Waals surface area contributed by atoms with Crippen molar-refractivity contribution in [3.05, 3.63) is 54.1 Å². The Labute approximate surface area is 126 Å². The molecule has 1 aliphatic rings. The molecule has 2 aromatic rings. The number of aryl methyl sites for hydroxylation is 1. The molecule has 4 nitrogen and oxygen atoms in total. The standard InChI is InChI=1S/C17H23N3O/c1-19-12-9-18-16(19)13-20-10-7-15(8-11-20)17(21)14-5-3-2-4-6-14/h2-6,9,12,15,17,21H,7-8,10-11,13H2,1H3. The van der Waals surface area contributed by atoms with Gasteiger partial charge in [0.15, 0.2) is 0 Å². The minimum absolute atomic E-state index is 0.332.